The van der Waals surface area contributed by atoms with E-state index in [1.807, 2.05) is 0 Å². The average molecular weight is 557 g/mol. The number of fused-ring (bicyclic) bond motifs is 6. The zero-order valence-electron chi connectivity index (χ0n) is 24.2. The van der Waals surface area contributed by atoms with Crippen LogP contribution in [0.5, 0.6) is 0 Å². The summed E-state index contributed by atoms with van der Waals surface area (Å²) in [5.41, 5.74) is 9.99. The molecule has 0 aliphatic rings. The topological polar surface area (TPSA) is 9.86 Å². The number of hydrogen-bond acceptors (Lipinski definition) is 0. The molecule has 42 heavy (non-hydrogen) atoms. The van der Waals surface area contributed by atoms with Crippen LogP contribution in [0.3, 0.4) is 0 Å². The summed E-state index contributed by atoms with van der Waals surface area (Å²) in [5.74, 6) is 0. The van der Waals surface area contributed by atoms with Gasteiger partial charge in [0.05, 0.1) is 35.8 Å². The summed E-state index contributed by atoms with van der Waals surface area (Å²) in [4.78, 5) is 0. The van der Waals surface area contributed by atoms with Crippen LogP contribution in [0.2, 0.25) is 19.6 Å². The van der Waals surface area contributed by atoms with Gasteiger partial charge >= 0.3 is 0 Å². The molecule has 2 nitrogen and oxygen atoms in total. The molecule has 3 heteroatoms. The van der Waals surface area contributed by atoms with Gasteiger partial charge in [-0.1, -0.05) is 123 Å². The highest BCUT2D eigenvalue weighted by Crippen LogP contribution is 2.39. The molecule has 0 fully saturated rings. The van der Waals surface area contributed by atoms with Gasteiger partial charge in [-0.3, -0.25) is 0 Å². The SMILES string of the molecule is C[Si](C)(C)c1cccc(-c2ccccc2)c1-n1c2ccccc2c2cc(-n3c4ccccc4c4ccccc43)ccc21. The van der Waals surface area contributed by atoms with Crippen molar-refractivity contribution in [1.29, 1.82) is 0 Å². The molecule has 0 amide bonds. The fourth-order valence-corrected chi connectivity index (χ4v) is 8.33. The maximum atomic E-state index is 2.54. The Morgan fingerprint density at radius 2 is 0.952 bits per heavy atom. The van der Waals surface area contributed by atoms with E-state index >= 15 is 0 Å². The Labute approximate surface area is 247 Å². The second-order valence-corrected chi connectivity index (χ2v) is 17.3. The second-order valence-electron chi connectivity index (χ2n) is 12.2. The van der Waals surface area contributed by atoms with E-state index in [1.165, 1.54) is 71.3 Å². The van der Waals surface area contributed by atoms with Crippen molar-refractivity contribution < 1.29 is 0 Å². The molecule has 8 rings (SSSR count). The van der Waals surface area contributed by atoms with Crippen LogP contribution in [0.25, 0.3) is 66.1 Å². The fraction of sp³-hybridized carbons (Fsp3) is 0.0769. The Bertz CT molecular complexity index is 2230. The van der Waals surface area contributed by atoms with Crippen LogP contribution in [-0.2, 0) is 0 Å². The molecular weight excluding hydrogens is 525 g/mol. The molecule has 0 atom stereocenters. The third kappa shape index (κ3) is 3.70. The van der Waals surface area contributed by atoms with Gasteiger partial charge in [-0.2, -0.15) is 0 Å². The van der Waals surface area contributed by atoms with Crippen LogP contribution in [-0.4, -0.2) is 17.2 Å². The van der Waals surface area contributed by atoms with Gasteiger partial charge in [0.15, 0.2) is 0 Å². The molecule has 0 radical (unpaired) electrons. The third-order valence-electron chi connectivity index (χ3n) is 8.65. The lowest BCUT2D eigenvalue weighted by molar-refractivity contribution is 1.17. The lowest BCUT2D eigenvalue weighted by Crippen LogP contribution is -2.40. The van der Waals surface area contributed by atoms with Crippen molar-refractivity contribution in [2.24, 2.45) is 0 Å². The molecule has 2 heterocycles. The van der Waals surface area contributed by atoms with Gasteiger partial charge in [0.2, 0.25) is 0 Å². The lowest BCUT2D eigenvalue weighted by Gasteiger charge is -2.25. The van der Waals surface area contributed by atoms with Crippen LogP contribution in [0.1, 0.15) is 0 Å². The van der Waals surface area contributed by atoms with E-state index < -0.39 is 8.07 Å². The van der Waals surface area contributed by atoms with Crippen molar-refractivity contribution >= 4 is 56.9 Å². The highest BCUT2D eigenvalue weighted by Gasteiger charge is 2.26. The summed E-state index contributed by atoms with van der Waals surface area (Å²) in [5, 5.41) is 6.59. The van der Waals surface area contributed by atoms with Crippen molar-refractivity contribution in [1.82, 2.24) is 9.13 Å². The Morgan fingerprint density at radius 1 is 0.429 bits per heavy atom. The molecular formula is C39H32N2Si. The zero-order chi connectivity index (χ0) is 28.4. The third-order valence-corrected chi connectivity index (χ3v) is 10.7. The number of benzene rings is 6. The van der Waals surface area contributed by atoms with Crippen LogP contribution in [0.15, 0.2) is 140 Å². The van der Waals surface area contributed by atoms with Crippen LogP contribution < -0.4 is 5.19 Å². The van der Waals surface area contributed by atoms with E-state index in [0.29, 0.717) is 0 Å². The summed E-state index contributed by atoms with van der Waals surface area (Å²) in [6.07, 6.45) is 0. The Morgan fingerprint density at radius 3 is 1.57 bits per heavy atom. The maximum absolute atomic E-state index is 2.54. The van der Waals surface area contributed by atoms with E-state index in [-0.39, 0.29) is 0 Å². The number of aromatic nitrogens is 2. The molecule has 0 saturated carbocycles. The van der Waals surface area contributed by atoms with E-state index in [4.69, 9.17) is 0 Å². The molecule has 6 aromatic carbocycles. The van der Waals surface area contributed by atoms with E-state index in [9.17, 15) is 0 Å². The monoisotopic (exact) mass is 556 g/mol. The van der Waals surface area contributed by atoms with Crippen molar-refractivity contribution in [3.05, 3.63) is 140 Å². The van der Waals surface area contributed by atoms with E-state index in [1.54, 1.807) is 0 Å². The standard InChI is InChI=1S/C39H32N2Si/c1-42(2,3)38-23-13-19-29(27-14-5-4-6-15-27)39(38)41-36-22-12-9-18-32(36)33-26-28(24-25-37(33)41)40-34-20-10-7-16-30(34)31-17-8-11-21-35(31)40/h4-26H,1-3H3. The molecule has 8 aromatic rings. The maximum Gasteiger partial charge on any atom is 0.0803 e. The summed E-state index contributed by atoms with van der Waals surface area (Å²) >= 11 is 0. The predicted molar refractivity (Wildman–Crippen MR) is 184 cm³/mol. The van der Waals surface area contributed by atoms with Gasteiger partial charge in [-0.15, -0.1) is 0 Å². The van der Waals surface area contributed by atoms with Gasteiger partial charge in [0.1, 0.15) is 0 Å². The molecule has 0 unspecified atom stereocenters. The molecule has 0 spiro atoms. The van der Waals surface area contributed by atoms with E-state index in [2.05, 4.69) is 168 Å². The summed E-state index contributed by atoms with van der Waals surface area (Å²) < 4.78 is 4.96. The van der Waals surface area contributed by atoms with Crippen LogP contribution in [0, 0.1) is 0 Å². The minimum Gasteiger partial charge on any atom is -0.309 e. The van der Waals surface area contributed by atoms with Crippen molar-refractivity contribution in [2.45, 2.75) is 19.6 Å². The minimum absolute atomic E-state index is 1.18. The van der Waals surface area contributed by atoms with Gasteiger partial charge in [-0.25, -0.2) is 0 Å². The Hall–Kier alpha value is -4.86. The van der Waals surface area contributed by atoms with Gasteiger partial charge in [0.25, 0.3) is 0 Å². The Kier molecular flexibility index (Phi) is 5.53. The number of hydrogen-bond donors (Lipinski definition) is 0. The summed E-state index contributed by atoms with van der Waals surface area (Å²) in [6.45, 7) is 7.36. The second kappa shape index (κ2) is 9.33. The first-order valence-corrected chi connectivity index (χ1v) is 18.2. The molecule has 0 saturated heterocycles. The normalized spacial score (nSPS) is 12.2. The smallest absolute Gasteiger partial charge is 0.0803 e. The summed E-state index contributed by atoms with van der Waals surface area (Å²) in [7, 11) is -1.71. The molecule has 0 N–H and O–H groups in total. The largest absolute Gasteiger partial charge is 0.309 e. The van der Waals surface area contributed by atoms with Crippen LogP contribution >= 0.6 is 0 Å². The van der Waals surface area contributed by atoms with Crippen LogP contribution in [0.4, 0.5) is 0 Å². The van der Waals surface area contributed by atoms with Crippen molar-refractivity contribution in [3.8, 4) is 22.5 Å². The first-order chi connectivity index (χ1) is 20.5. The molecule has 2 aromatic heterocycles. The highest BCUT2D eigenvalue weighted by molar-refractivity contribution is 6.89. The first kappa shape index (κ1) is 24.9. The molecule has 0 aliphatic carbocycles. The first-order valence-electron chi connectivity index (χ1n) is 14.7. The number of nitrogens with zero attached hydrogens (tertiary/aromatic N) is 2. The highest BCUT2D eigenvalue weighted by atomic mass is 28.3. The van der Waals surface area contributed by atoms with Crippen molar-refractivity contribution in [3.63, 3.8) is 0 Å². The molecule has 0 bridgehead atoms. The quantitative estimate of drug-likeness (QED) is 0.191. The predicted octanol–water partition coefficient (Wildman–Crippen LogP) is 10.1. The lowest BCUT2D eigenvalue weighted by atomic mass is 10.0. The fourth-order valence-electron chi connectivity index (χ4n) is 6.78. The molecule has 202 valence electrons. The van der Waals surface area contributed by atoms with Gasteiger partial charge in [-0.05, 0) is 47.1 Å². The average Bonchev–Trinajstić information content (AvgIpc) is 3.53. The zero-order valence-corrected chi connectivity index (χ0v) is 25.2. The van der Waals surface area contributed by atoms with Gasteiger partial charge in [0, 0.05) is 32.8 Å². The van der Waals surface area contributed by atoms with E-state index in [0.717, 1.165) is 0 Å². The number of para-hydroxylation sites is 4. The Balaban J connectivity index is 1.48. The minimum atomic E-state index is -1.71. The van der Waals surface area contributed by atoms with Crippen molar-refractivity contribution in [2.75, 3.05) is 0 Å². The van der Waals surface area contributed by atoms with Gasteiger partial charge < -0.3 is 9.13 Å². The molecule has 0 aliphatic heterocycles. The number of rotatable bonds is 4. The summed E-state index contributed by atoms with van der Waals surface area (Å²) in [6, 6.07) is 51.2.